The maximum atomic E-state index is 11.0. The van der Waals surface area contributed by atoms with Crippen LogP contribution >= 0.6 is 11.3 Å². The molecule has 1 aromatic heterocycles. The molecule has 4 heteroatoms. The summed E-state index contributed by atoms with van der Waals surface area (Å²) >= 11 is 1.59. The van der Waals surface area contributed by atoms with Crippen LogP contribution in [0.1, 0.15) is 37.4 Å². The number of aromatic nitrogens is 1. The highest BCUT2D eigenvalue weighted by molar-refractivity contribution is 7.09. The summed E-state index contributed by atoms with van der Waals surface area (Å²) in [6, 6.07) is 0. The second kappa shape index (κ2) is 3.59. The zero-order valence-electron chi connectivity index (χ0n) is 8.99. The second-order valence-corrected chi connectivity index (χ2v) is 5.65. The molecule has 3 nitrogen and oxygen atoms in total. The third kappa shape index (κ3) is 2.20. The van der Waals surface area contributed by atoms with Crippen molar-refractivity contribution in [2.45, 2.75) is 38.5 Å². The monoisotopic (exact) mass is 225 g/mol. The molecule has 0 bridgehead atoms. The molecule has 15 heavy (non-hydrogen) atoms. The van der Waals surface area contributed by atoms with Crippen molar-refractivity contribution in [1.82, 2.24) is 4.98 Å². The lowest BCUT2D eigenvalue weighted by molar-refractivity contribution is -0.142. The van der Waals surface area contributed by atoms with Gasteiger partial charge in [-0.2, -0.15) is 0 Å². The SMILES string of the molecule is CC(C)(C(=O)O)c1csc(CC2CC2)n1. The fourth-order valence-electron chi connectivity index (χ4n) is 1.37. The van der Waals surface area contributed by atoms with Crippen LogP contribution in [-0.4, -0.2) is 16.1 Å². The van der Waals surface area contributed by atoms with Crippen molar-refractivity contribution in [2.75, 3.05) is 0 Å². The van der Waals surface area contributed by atoms with Gasteiger partial charge >= 0.3 is 5.97 Å². The Hall–Kier alpha value is -0.900. The summed E-state index contributed by atoms with van der Waals surface area (Å²) in [7, 11) is 0. The van der Waals surface area contributed by atoms with Crippen LogP contribution in [0.3, 0.4) is 0 Å². The zero-order chi connectivity index (χ0) is 11.1. The Kier molecular flexibility index (Phi) is 2.54. The first kappa shape index (κ1) is 10.6. The van der Waals surface area contributed by atoms with E-state index in [1.54, 1.807) is 25.2 Å². The van der Waals surface area contributed by atoms with Crippen LogP contribution in [0.15, 0.2) is 5.38 Å². The molecule has 1 aliphatic rings. The molecular weight excluding hydrogens is 210 g/mol. The summed E-state index contributed by atoms with van der Waals surface area (Å²) in [6.45, 7) is 3.40. The van der Waals surface area contributed by atoms with E-state index in [1.807, 2.05) is 5.38 Å². The van der Waals surface area contributed by atoms with Crippen LogP contribution in [0.4, 0.5) is 0 Å². The van der Waals surface area contributed by atoms with Crippen molar-refractivity contribution in [3.8, 4) is 0 Å². The number of thiazole rings is 1. The summed E-state index contributed by atoms with van der Waals surface area (Å²) in [5, 5.41) is 12.0. The normalized spacial score (nSPS) is 16.7. The Bertz CT molecular complexity index is 380. The van der Waals surface area contributed by atoms with Crippen molar-refractivity contribution in [2.24, 2.45) is 5.92 Å². The van der Waals surface area contributed by atoms with Crippen LogP contribution in [0.2, 0.25) is 0 Å². The molecule has 0 unspecified atom stereocenters. The van der Waals surface area contributed by atoms with Gasteiger partial charge in [-0.1, -0.05) is 0 Å². The van der Waals surface area contributed by atoms with Gasteiger partial charge in [-0.05, 0) is 32.6 Å². The van der Waals surface area contributed by atoms with Gasteiger partial charge in [0, 0.05) is 11.8 Å². The molecule has 1 heterocycles. The summed E-state index contributed by atoms with van der Waals surface area (Å²) < 4.78 is 0. The number of carboxylic acid groups (broad SMARTS) is 1. The standard InChI is InChI=1S/C11H15NO2S/c1-11(2,10(13)14)8-6-15-9(12-8)5-7-3-4-7/h6-7H,3-5H2,1-2H3,(H,13,14). The van der Waals surface area contributed by atoms with Crippen LogP contribution in [0.25, 0.3) is 0 Å². The van der Waals surface area contributed by atoms with Gasteiger partial charge in [0.25, 0.3) is 0 Å². The minimum atomic E-state index is -0.863. The lowest BCUT2D eigenvalue weighted by Gasteiger charge is -2.15. The quantitative estimate of drug-likeness (QED) is 0.856. The van der Waals surface area contributed by atoms with Crippen molar-refractivity contribution >= 4 is 17.3 Å². The van der Waals surface area contributed by atoms with Gasteiger partial charge in [-0.3, -0.25) is 4.79 Å². The number of aliphatic carboxylic acids is 1. The van der Waals surface area contributed by atoms with Gasteiger partial charge < -0.3 is 5.11 Å². The highest BCUT2D eigenvalue weighted by atomic mass is 32.1. The Morgan fingerprint density at radius 2 is 2.33 bits per heavy atom. The van der Waals surface area contributed by atoms with Crippen molar-refractivity contribution in [3.05, 3.63) is 16.1 Å². The summed E-state index contributed by atoms with van der Waals surface area (Å²) in [5.41, 5.74) is -0.172. The molecule has 0 atom stereocenters. The predicted octanol–water partition coefficient (Wildman–Crippen LogP) is 2.46. The first-order valence-electron chi connectivity index (χ1n) is 5.18. The van der Waals surface area contributed by atoms with E-state index < -0.39 is 11.4 Å². The molecule has 2 rings (SSSR count). The smallest absolute Gasteiger partial charge is 0.315 e. The van der Waals surface area contributed by atoms with Crippen LogP contribution in [0, 0.1) is 5.92 Å². The maximum Gasteiger partial charge on any atom is 0.315 e. The Balaban J connectivity index is 2.14. The highest BCUT2D eigenvalue weighted by Crippen LogP contribution is 2.34. The summed E-state index contributed by atoms with van der Waals surface area (Å²) in [5.74, 6) is -0.0114. The summed E-state index contributed by atoms with van der Waals surface area (Å²) in [6.07, 6.45) is 3.63. The Labute approximate surface area is 93.2 Å². The van der Waals surface area contributed by atoms with E-state index in [9.17, 15) is 4.79 Å². The van der Waals surface area contributed by atoms with Gasteiger partial charge in [0.05, 0.1) is 10.7 Å². The zero-order valence-corrected chi connectivity index (χ0v) is 9.80. The first-order valence-corrected chi connectivity index (χ1v) is 6.06. The number of hydrogen-bond acceptors (Lipinski definition) is 3. The van der Waals surface area contributed by atoms with Crippen molar-refractivity contribution in [1.29, 1.82) is 0 Å². The van der Waals surface area contributed by atoms with Gasteiger partial charge in [-0.25, -0.2) is 4.98 Å². The van der Waals surface area contributed by atoms with E-state index in [2.05, 4.69) is 4.98 Å². The molecule has 0 saturated heterocycles. The molecular formula is C11H15NO2S. The number of rotatable bonds is 4. The van der Waals surface area contributed by atoms with E-state index in [0.29, 0.717) is 5.69 Å². The molecule has 1 fully saturated rings. The van der Waals surface area contributed by atoms with E-state index in [0.717, 1.165) is 17.3 Å². The van der Waals surface area contributed by atoms with E-state index >= 15 is 0 Å². The van der Waals surface area contributed by atoms with Crippen LogP contribution in [0.5, 0.6) is 0 Å². The third-order valence-electron chi connectivity index (χ3n) is 2.89. The number of carbonyl (C=O) groups is 1. The molecule has 0 aromatic carbocycles. The predicted molar refractivity (Wildman–Crippen MR) is 59.2 cm³/mol. The molecule has 0 amide bonds. The average molecular weight is 225 g/mol. The minimum absolute atomic E-state index is 0.690. The lowest BCUT2D eigenvalue weighted by Crippen LogP contribution is -2.28. The molecule has 0 radical (unpaired) electrons. The highest BCUT2D eigenvalue weighted by Gasteiger charge is 2.32. The topological polar surface area (TPSA) is 50.2 Å². The average Bonchev–Trinajstić information content (AvgIpc) is 2.81. The molecule has 1 aromatic rings. The molecule has 1 saturated carbocycles. The molecule has 0 spiro atoms. The molecule has 82 valence electrons. The first-order chi connectivity index (χ1) is 7.00. The third-order valence-corrected chi connectivity index (χ3v) is 3.76. The number of hydrogen-bond donors (Lipinski definition) is 1. The number of nitrogens with zero attached hydrogens (tertiary/aromatic N) is 1. The fraction of sp³-hybridized carbons (Fsp3) is 0.636. The van der Waals surface area contributed by atoms with Crippen LogP contribution < -0.4 is 0 Å². The van der Waals surface area contributed by atoms with E-state index in [-0.39, 0.29) is 0 Å². The Morgan fingerprint density at radius 1 is 1.67 bits per heavy atom. The van der Waals surface area contributed by atoms with E-state index in [4.69, 9.17) is 5.11 Å². The fourth-order valence-corrected chi connectivity index (χ4v) is 2.45. The summed E-state index contributed by atoms with van der Waals surface area (Å²) in [4.78, 5) is 15.5. The van der Waals surface area contributed by atoms with Gasteiger partial charge in [0.15, 0.2) is 0 Å². The van der Waals surface area contributed by atoms with Gasteiger partial charge in [0.2, 0.25) is 0 Å². The van der Waals surface area contributed by atoms with Gasteiger partial charge in [0.1, 0.15) is 5.41 Å². The van der Waals surface area contributed by atoms with Crippen LogP contribution in [-0.2, 0) is 16.6 Å². The molecule has 0 aliphatic heterocycles. The molecule has 1 N–H and O–H groups in total. The van der Waals surface area contributed by atoms with Crippen molar-refractivity contribution in [3.63, 3.8) is 0 Å². The largest absolute Gasteiger partial charge is 0.481 e. The minimum Gasteiger partial charge on any atom is -0.481 e. The molecule has 1 aliphatic carbocycles. The Morgan fingerprint density at radius 3 is 2.87 bits per heavy atom. The van der Waals surface area contributed by atoms with E-state index in [1.165, 1.54) is 12.8 Å². The second-order valence-electron chi connectivity index (χ2n) is 4.70. The lowest BCUT2D eigenvalue weighted by atomic mass is 9.90. The number of carboxylic acids is 1. The van der Waals surface area contributed by atoms with Gasteiger partial charge in [-0.15, -0.1) is 11.3 Å². The maximum absolute atomic E-state index is 11.0. The van der Waals surface area contributed by atoms with Crippen molar-refractivity contribution < 1.29 is 9.90 Å².